The molecule has 0 bridgehead atoms. The maximum atomic E-state index is 2.36. The predicted octanol–water partition coefficient (Wildman–Crippen LogP) is 4.84. The number of hydrogen-bond acceptors (Lipinski definition) is 0. The van der Waals surface area contributed by atoms with Gasteiger partial charge in [-0.1, -0.05) is 110 Å². The standard InChI is InChI=1S/C25H49N2.BrH/c1-3-5-7-8-9-10-11-12-13-14-15-16-17-18-19-20-22-27-24-23-26(25-27)21-6-4-2;/h23-25H,3-22H2,1-2H3;1H/q+1;/p-1. The van der Waals surface area contributed by atoms with E-state index >= 15 is 0 Å². The molecule has 1 aromatic rings. The van der Waals surface area contributed by atoms with E-state index < -0.39 is 0 Å². The highest BCUT2D eigenvalue weighted by atomic mass is 79.9. The van der Waals surface area contributed by atoms with Crippen LogP contribution >= 0.6 is 0 Å². The molecule has 0 N–H and O–H groups in total. The number of nitrogens with zero attached hydrogens (tertiary/aromatic N) is 2. The number of hydrogen-bond donors (Lipinski definition) is 0. The lowest BCUT2D eigenvalue weighted by molar-refractivity contribution is -0.696. The quantitative estimate of drug-likeness (QED) is 0.196. The lowest BCUT2D eigenvalue weighted by Gasteiger charge is -2.03. The predicted molar refractivity (Wildman–Crippen MR) is 119 cm³/mol. The second kappa shape index (κ2) is 21.4. The van der Waals surface area contributed by atoms with Crippen molar-refractivity contribution in [2.45, 2.75) is 143 Å². The first kappa shape index (κ1) is 27.7. The summed E-state index contributed by atoms with van der Waals surface area (Å²) in [6.45, 7) is 6.92. The summed E-state index contributed by atoms with van der Waals surface area (Å²) < 4.78 is 4.69. The zero-order valence-corrected chi connectivity index (χ0v) is 20.7. The zero-order chi connectivity index (χ0) is 19.4. The van der Waals surface area contributed by atoms with E-state index in [0.717, 1.165) is 0 Å². The molecule has 0 aliphatic heterocycles. The third-order valence-electron chi connectivity index (χ3n) is 5.79. The molecule has 1 rings (SSSR count). The Hall–Kier alpha value is -0.310. The Morgan fingerprint density at radius 2 is 1.00 bits per heavy atom. The van der Waals surface area contributed by atoms with Crippen LogP contribution in [-0.4, -0.2) is 4.57 Å². The van der Waals surface area contributed by atoms with Gasteiger partial charge >= 0.3 is 0 Å². The molecule has 0 aliphatic rings. The first-order valence-corrected chi connectivity index (χ1v) is 12.4. The van der Waals surface area contributed by atoms with Crippen LogP contribution < -0.4 is 21.5 Å². The maximum absolute atomic E-state index is 2.36. The molecule has 0 unspecified atom stereocenters. The summed E-state index contributed by atoms with van der Waals surface area (Å²) in [6, 6.07) is 0. The first-order chi connectivity index (χ1) is 13.4. The van der Waals surface area contributed by atoms with Gasteiger partial charge in [0.2, 0.25) is 6.33 Å². The van der Waals surface area contributed by atoms with Gasteiger partial charge in [-0.25, -0.2) is 9.13 Å². The highest BCUT2D eigenvalue weighted by Gasteiger charge is 2.02. The van der Waals surface area contributed by atoms with E-state index in [1.54, 1.807) is 0 Å². The van der Waals surface area contributed by atoms with Crippen molar-refractivity contribution in [1.82, 2.24) is 4.57 Å². The van der Waals surface area contributed by atoms with Crippen molar-refractivity contribution < 1.29 is 21.5 Å². The summed E-state index contributed by atoms with van der Waals surface area (Å²) >= 11 is 0. The van der Waals surface area contributed by atoms with Crippen molar-refractivity contribution in [1.29, 1.82) is 0 Å². The SMILES string of the molecule is CCCCCCCCCCCCCCCCCC[n+]1ccn(CCCC)c1.[Br-]. The molecule has 0 saturated heterocycles. The molecule has 2 nitrogen and oxygen atoms in total. The third-order valence-corrected chi connectivity index (χ3v) is 5.79. The van der Waals surface area contributed by atoms with Gasteiger partial charge in [0, 0.05) is 0 Å². The number of rotatable bonds is 20. The third kappa shape index (κ3) is 16.6. The largest absolute Gasteiger partial charge is 1.00 e. The van der Waals surface area contributed by atoms with E-state index in [2.05, 4.69) is 41.7 Å². The molecular formula is C25H49BrN2. The lowest BCUT2D eigenvalue weighted by Crippen LogP contribution is -3.00. The van der Waals surface area contributed by atoms with Crippen molar-refractivity contribution >= 4 is 0 Å². The molecule has 1 aromatic heterocycles. The van der Waals surface area contributed by atoms with Crippen molar-refractivity contribution in [3.8, 4) is 0 Å². The molecule has 0 spiro atoms. The van der Waals surface area contributed by atoms with Crippen LogP contribution in [0.1, 0.15) is 129 Å². The summed E-state index contributed by atoms with van der Waals surface area (Å²) in [6.07, 6.45) is 32.4. The molecule has 3 heteroatoms. The summed E-state index contributed by atoms with van der Waals surface area (Å²) in [5.41, 5.74) is 0. The average molecular weight is 458 g/mol. The van der Waals surface area contributed by atoms with Gasteiger partial charge in [-0.3, -0.25) is 0 Å². The van der Waals surface area contributed by atoms with Crippen LogP contribution in [0.4, 0.5) is 0 Å². The van der Waals surface area contributed by atoms with Crippen molar-refractivity contribution in [3.63, 3.8) is 0 Å². The van der Waals surface area contributed by atoms with E-state index in [1.165, 1.54) is 129 Å². The smallest absolute Gasteiger partial charge is 0.243 e. The molecule has 166 valence electrons. The summed E-state index contributed by atoms with van der Waals surface area (Å²) in [5.74, 6) is 0. The fourth-order valence-electron chi connectivity index (χ4n) is 3.89. The van der Waals surface area contributed by atoms with E-state index in [0.29, 0.717) is 0 Å². The number of aryl methyl sites for hydroxylation is 2. The van der Waals surface area contributed by atoms with Gasteiger partial charge in [-0.15, -0.1) is 0 Å². The highest BCUT2D eigenvalue weighted by molar-refractivity contribution is 4.65. The van der Waals surface area contributed by atoms with Crippen molar-refractivity contribution in [2.24, 2.45) is 0 Å². The van der Waals surface area contributed by atoms with Crippen LogP contribution in [0.2, 0.25) is 0 Å². The van der Waals surface area contributed by atoms with Crippen LogP contribution in [0, 0.1) is 0 Å². The second-order valence-electron chi connectivity index (χ2n) is 8.55. The second-order valence-corrected chi connectivity index (χ2v) is 8.55. The van der Waals surface area contributed by atoms with Gasteiger partial charge in [0.05, 0.1) is 13.1 Å². The van der Waals surface area contributed by atoms with Gasteiger partial charge in [0.1, 0.15) is 12.4 Å². The van der Waals surface area contributed by atoms with Crippen LogP contribution in [-0.2, 0) is 13.1 Å². The number of unbranched alkanes of at least 4 members (excludes halogenated alkanes) is 16. The number of halogens is 1. The normalized spacial score (nSPS) is 10.9. The fraction of sp³-hybridized carbons (Fsp3) is 0.880. The number of aromatic nitrogens is 2. The molecule has 0 saturated carbocycles. The average Bonchev–Trinajstić information content (AvgIpc) is 3.13. The Labute approximate surface area is 187 Å². The molecule has 1 heterocycles. The molecule has 0 radical (unpaired) electrons. The summed E-state index contributed by atoms with van der Waals surface area (Å²) in [7, 11) is 0. The first-order valence-electron chi connectivity index (χ1n) is 12.4. The summed E-state index contributed by atoms with van der Waals surface area (Å²) in [4.78, 5) is 0. The Balaban J connectivity index is 0.00000729. The minimum atomic E-state index is 0. The van der Waals surface area contributed by atoms with E-state index in [4.69, 9.17) is 0 Å². The molecule has 0 atom stereocenters. The maximum Gasteiger partial charge on any atom is 0.243 e. The van der Waals surface area contributed by atoms with Crippen LogP contribution in [0.5, 0.6) is 0 Å². The monoisotopic (exact) mass is 456 g/mol. The van der Waals surface area contributed by atoms with Crippen molar-refractivity contribution in [2.75, 3.05) is 0 Å². The van der Waals surface area contributed by atoms with Crippen LogP contribution in [0.25, 0.3) is 0 Å². The van der Waals surface area contributed by atoms with E-state index in [1.807, 2.05) is 0 Å². The van der Waals surface area contributed by atoms with Gasteiger partial charge in [-0.2, -0.15) is 0 Å². The van der Waals surface area contributed by atoms with E-state index in [-0.39, 0.29) is 17.0 Å². The lowest BCUT2D eigenvalue weighted by atomic mass is 10.0. The number of imidazole rings is 1. The Kier molecular flexibility index (Phi) is 21.2. The van der Waals surface area contributed by atoms with Gasteiger partial charge in [-0.05, 0) is 19.3 Å². The van der Waals surface area contributed by atoms with Crippen LogP contribution in [0.3, 0.4) is 0 Å². The topological polar surface area (TPSA) is 8.81 Å². The molecule has 0 aromatic carbocycles. The molecule has 28 heavy (non-hydrogen) atoms. The van der Waals surface area contributed by atoms with Gasteiger partial charge in [0.15, 0.2) is 0 Å². The van der Waals surface area contributed by atoms with E-state index in [9.17, 15) is 0 Å². The van der Waals surface area contributed by atoms with Crippen LogP contribution in [0.15, 0.2) is 18.7 Å². The minimum Gasteiger partial charge on any atom is -1.00 e. The molecule has 0 fully saturated rings. The minimum absolute atomic E-state index is 0. The Morgan fingerprint density at radius 1 is 0.571 bits per heavy atom. The molecule has 0 amide bonds. The van der Waals surface area contributed by atoms with Gasteiger partial charge < -0.3 is 17.0 Å². The molecular weight excluding hydrogens is 408 g/mol. The summed E-state index contributed by atoms with van der Waals surface area (Å²) in [5, 5.41) is 0. The molecule has 0 aliphatic carbocycles. The van der Waals surface area contributed by atoms with Gasteiger partial charge in [0.25, 0.3) is 0 Å². The fourth-order valence-corrected chi connectivity index (χ4v) is 3.89. The zero-order valence-electron chi connectivity index (χ0n) is 19.1. The highest BCUT2D eigenvalue weighted by Crippen LogP contribution is 2.13. The Bertz CT molecular complexity index is 416. The van der Waals surface area contributed by atoms with Crippen molar-refractivity contribution in [3.05, 3.63) is 18.7 Å². The Morgan fingerprint density at radius 3 is 1.46 bits per heavy atom.